The van der Waals surface area contributed by atoms with Crippen LogP contribution in [-0.4, -0.2) is 5.91 Å². The van der Waals surface area contributed by atoms with Crippen LogP contribution >= 0.6 is 11.6 Å². The molecule has 0 aliphatic rings. The number of nitrogens with one attached hydrogen (secondary N) is 1. The molecule has 4 nitrogen and oxygen atoms in total. The minimum absolute atomic E-state index is 0.0326. The molecule has 0 aromatic heterocycles. The number of hydrogen-bond acceptors (Lipinski definition) is 3. The van der Waals surface area contributed by atoms with Crippen LogP contribution in [0.25, 0.3) is 6.08 Å². The van der Waals surface area contributed by atoms with Gasteiger partial charge >= 0.3 is 0 Å². The smallest absolute Gasteiger partial charge is 0.266 e. The molecule has 5 heteroatoms. The minimum Gasteiger partial charge on any atom is -0.489 e. The number of nitriles is 1. The topological polar surface area (TPSA) is 62.1 Å². The molecule has 3 rings (SSSR count). The van der Waals surface area contributed by atoms with Crippen molar-refractivity contribution in [2.75, 3.05) is 5.32 Å². The van der Waals surface area contributed by atoms with E-state index in [1.807, 2.05) is 62.4 Å². The van der Waals surface area contributed by atoms with Gasteiger partial charge in [-0.05, 0) is 66.4 Å². The Labute approximate surface area is 181 Å². The predicted molar refractivity (Wildman–Crippen MR) is 120 cm³/mol. The molecule has 3 aromatic rings. The molecule has 0 atom stereocenters. The van der Waals surface area contributed by atoms with Crippen molar-refractivity contribution in [3.63, 3.8) is 0 Å². The summed E-state index contributed by atoms with van der Waals surface area (Å²) in [5.74, 6) is 0.252. The van der Waals surface area contributed by atoms with Crippen LogP contribution in [0.1, 0.15) is 22.3 Å². The van der Waals surface area contributed by atoms with Crippen molar-refractivity contribution in [1.82, 2.24) is 0 Å². The van der Waals surface area contributed by atoms with Crippen LogP contribution in [0, 0.1) is 25.2 Å². The summed E-state index contributed by atoms with van der Waals surface area (Å²) < 4.78 is 5.76. The van der Waals surface area contributed by atoms with E-state index in [0.717, 1.165) is 27.9 Å². The number of nitrogens with zero attached hydrogens (tertiary/aromatic N) is 1. The van der Waals surface area contributed by atoms with Gasteiger partial charge in [0.2, 0.25) is 0 Å². The van der Waals surface area contributed by atoms with Crippen molar-refractivity contribution in [1.29, 1.82) is 5.26 Å². The molecule has 0 fully saturated rings. The third-order valence-corrected chi connectivity index (χ3v) is 4.81. The Bertz CT molecular complexity index is 1110. The largest absolute Gasteiger partial charge is 0.489 e. The van der Waals surface area contributed by atoms with E-state index in [1.165, 1.54) is 0 Å². The average molecular weight is 417 g/mol. The molecule has 0 heterocycles. The van der Waals surface area contributed by atoms with Crippen molar-refractivity contribution in [3.8, 4) is 11.8 Å². The molecule has 0 bridgehead atoms. The summed E-state index contributed by atoms with van der Waals surface area (Å²) >= 11 is 5.98. The van der Waals surface area contributed by atoms with Crippen molar-refractivity contribution in [2.24, 2.45) is 0 Å². The van der Waals surface area contributed by atoms with Gasteiger partial charge < -0.3 is 10.1 Å². The van der Waals surface area contributed by atoms with Gasteiger partial charge in [0.1, 0.15) is 24.0 Å². The number of carbonyl (C=O) groups is 1. The van der Waals surface area contributed by atoms with Gasteiger partial charge in [0.15, 0.2) is 0 Å². The first kappa shape index (κ1) is 21.2. The zero-order valence-electron chi connectivity index (χ0n) is 16.8. The number of anilines is 1. The van der Waals surface area contributed by atoms with Gasteiger partial charge in [-0.15, -0.1) is 0 Å². The number of aryl methyl sites for hydroxylation is 2. The first-order valence-corrected chi connectivity index (χ1v) is 9.81. The van der Waals surface area contributed by atoms with Crippen molar-refractivity contribution in [3.05, 3.63) is 99.6 Å². The third-order valence-electron chi connectivity index (χ3n) is 4.57. The lowest BCUT2D eigenvalue weighted by Crippen LogP contribution is -2.15. The monoisotopic (exact) mass is 416 g/mol. The minimum atomic E-state index is -0.434. The molecular formula is C25H21ClN2O2. The maximum absolute atomic E-state index is 12.6. The lowest BCUT2D eigenvalue weighted by atomic mass is 10.1. The summed E-state index contributed by atoms with van der Waals surface area (Å²) in [5.41, 5.74) is 4.36. The normalized spacial score (nSPS) is 10.9. The number of amides is 1. The van der Waals surface area contributed by atoms with Crippen LogP contribution < -0.4 is 10.1 Å². The number of halogens is 1. The quantitative estimate of drug-likeness (QED) is 0.391. The van der Waals surface area contributed by atoms with Gasteiger partial charge in [-0.25, -0.2) is 0 Å². The van der Waals surface area contributed by atoms with E-state index in [9.17, 15) is 10.1 Å². The Balaban J connectivity index is 1.68. The van der Waals surface area contributed by atoms with E-state index >= 15 is 0 Å². The Morgan fingerprint density at radius 2 is 1.73 bits per heavy atom. The predicted octanol–water partition coefficient (Wildman–Crippen LogP) is 6.08. The summed E-state index contributed by atoms with van der Waals surface area (Å²) in [6.45, 7) is 4.23. The molecule has 0 radical (unpaired) electrons. The Hall–Kier alpha value is -3.55. The van der Waals surface area contributed by atoms with Crippen molar-refractivity contribution >= 4 is 29.3 Å². The first-order chi connectivity index (χ1) is 14.5. The highest BCUT2D eigenvalue weighted by Crippen LogP contribution is 2.21. The molecule has 30 heavy (non-hydrogen) atoms. The number of benzene rings is 3. The maximum Gasteiger partial charge on any atom is 0.266 e. The third kappa shape index (κ3) is 5.50. The molecule has 0 aliphatic carbocycles. The summed E-state index contributed by atoms with van der Waals surface area (Å²) in [6.07, 6.45) is 1.56. The number of hydrogen-bond donors (Lipinski definition) is 1. The molecule has 0 unspecified atom stereocenters. The Morgan fingerprint density at radius 1 is 1.07 bits per heavy atom. The molecule has 150 valence electrons. The highest BCUT2D eigenvalue weighted by atomic mass is 35.5. The second kappa shape index (κ2) is 9.78. The summed E-state index contributed by atoms with van der Waals surface area (Å²) in [7, 11) is 0. The molecule has 1 amide bonds. The summed E-state index contributed by atoms with van der Waals surface area (Å²) in [6, 6.07) is 22.4. The number of carbonyl (C=O) groups excluding carboxylic acids is 1. The number of para-hydroxylation sites is 1. The zero-order chi connectivity index (χ0) is 21.5. The fraction of sp³-hybridized carbons (Fsp3) is 0.120. The van der Waals surface area contributed by atoms with Crippen LogP contribution in [0.2, 0.25) is 5.02 Å². The Kier molecular flexibility index (Phi) is 6.90. The molecule has 0 spiro atoms. The molecule has 1 N–H and O–H groups in total. The van der Waals surface area contributed by atoms with E-state index in [1.54, 1.807) is 30.3 Å². The van der Waals surface area contributed by atoms with Gasteiger partial charge in [-0.1, -0.05) is 54.1 Å². The fourth-order valence-corrected chi connectivity index (χ4v) is 3.17. The van der Waals surface area contributed by atoms with E-state index in [-0.39, 0.29) is 5.57 Å². The summed E-state index contributed by atoms with van der Waals surface area (Å²) in [5, 5.41) is 13.0. The van der Waals surface area contributed by atoms with Gasteiger partial charge in [0, 0.05) is 10.7 Å². The lowest BCUT2D eigenvalue weighted by Gasteiger charge is -2.11. The van der Waals surface area contributed by atoms with Crippen LogP contribution in [-0.2, 0) is 11.4 Å². The van der Waals surface area contributed by atoms with Gasteiger partial charge in [-0.3, -0.25) is 4.79 Å². The van der Waals surface area contributed by atoms with E-state index in [0.29, 0.717) is 17.4 Å². The van der Waals surface area contributed by atoms with Crippen LogP contribution in [0.5, 0.6) is 5.75 Å². The zero-order valence-corrected chi connectivity index (χ0v) is 17.5. The lowest BCUT2D eigenvalue weighted by molar-refractivity contribution is -0.112. The molecule has 3 aromatic carbocycles. The second-order valence-electron chi connectivity index (χ2n) is 6.88. The highest BCUT2D eigenvalue weighted by molar-refractivity contribution is 6.30. The SMILES string of the molecule is Cc1cccc(C)c1NC(=O)/C(C#N)=C\c1ccc(OCc2cccc(Cl)c2)cc1. The number of ether oxygens (including phenoxy) is 1. The van der Waals surface area contributed by atoms with Crippen LogP contribution in [0.3, 0.4) is 0 Å². The van der Waals surface area contributed by atoms with Crippen LogP contribution in [0.15, 0.2) is 72.3 Å². The number of rotatable bonds is 6. The molecule has 0 saturated carbocycles. The molecule has 0 saturated heterocycles. The highest BCUT2D eigenvalue weighted by Gasteiger charge is 2.12. The van der Waals surface area contributed by atoms with Crippen molar-refractivity contribution < 1.29 is 9.53 Å². The Morgan fingerprint density at radius 3 is 2.37 bits per heavy atom. The maximum atomic E-state index is 12.6. The molecule has 0 aliphatic heterocycles. The summed E-state index contributed by atoms with van der Waals surface area (Å²) in [4.78, 5) is 12.6. The van der Waals surface area contributed by atoms with E-state index in [4.69, 9.17) is 16.3 Å². The fourth-order valence-electron chi connectivity index (χ4n) is 2.96. The van der Waals surface area contributed by atoms with Crippen LogP contribution in [0.4, 0.5) is 5.69 Å². The van der Waals surface area contributed by atoms with Crippen molar-refractivity contribution in [2.45, 2.75) is 20.5 Å². The van der Waals surface area contributed by atoms with Gasteiger partial charge in [0.05, 0.1) is 0 Å². The first-order valence-electron chi connectivity index (χ1n) is 9.43. The van der Waals surface area contributed by atoms with E-state index < -0.39 is 5.91 Å². The van der Waals surface area contributed by atoms with Gasteiger partial charge in [0.25, 0.3) is 5.91 Å². The van der Waals surface area contributed by atoms with Gasteiger partial charge in [-0.2, -0.15) is 5.26 Å². The van der Waals surface area contributed by atoms with E-state index in [2.05, 4.69) is 5.32 Å². The second-order valence-corrected chi connectivity index (χ2v) is 7.31. The standard InChI is InChI=1S/C25H21ClN2O2/c1-17-5-3-6-18(2)24(17)28-25(29)21(15-27)13-19-9-11-23(12-10-19)30-16-20-7-4-8-22(26)14-20/h3-14H,16H2,1-2H3,(H,28,29)/b21-13-. The average Bonchev–Trinajstić information content (AvgIpc) is 2.74. The molecular weight excluding hydrogens is 396 g/mol.